The largest absolute Gasteiger partial charge is 0.477 e. The molecule has 3 amide bonds. The van der Waals surface area contributed by atoms with E-state index in [4.69, 9.17) is 5.73 Å². The molecule has 2 aromatic rings. The first-order chi connectivity index (χ1) is 21.7. The van der Waals surface area contributed by atoms with Crippen LogP contribution in [0, 0.1) is 0 Å². The third kappa shape index (κ3) is 5.79. The zero-order valence-corrected chi connectivity index (χ0v) is 25.7. The molecule has 0 spiro atoms. The fraction of sp³-hybridized carbons (Fsp3) is 0.393. The molecule has 4 atom stereocenters. The maximum Gasteiger partial charge on any atom is 0.352 e. The average molecular weight is 654 g/mol. The molecule has 0 aliphatic carbocycles. The molecular weight excluding hydrogens is 622 g/mol. The van der Waals surface area contributed by atoms with E-state index in [0.29, 0.717) is 30.7 Å². The molecule has 17 heteroatoms. The number of oxime groups is 1. The molecule has 4 aliphatic rings. The van der Waals surface area contributed by atoms with Crippen molar-refractivity contribution < 1.29 is 29.5 Å². The number of carboxylic acids is 1. The number of anilines is 1. The Morgan fingerprint density at radius 1 is 1.27 bits per heavy atom. The van der Waals surface area contributed by atoms with E-state index in [-0.39, 0.29) is 40.4 Å². The van der Waals surface area contributed by atoms with E-state index in [1.54, 1.807) is 6.08 Å². The zero-order chi connectivity index (χ0) is 31.8. The first-order valence-corrected chi connectivity index (χ1v) is 16.0. The molecule has 15 nitrogen and oxygen atoms in total. The molecule has 3 fully saturated rings. The van der Waals surface area contributed by atoms with Crippen molar-refractivity contribution >= 4 is 57.8 Å². The molecule has 3 saturated heterocycles. The summed E-state index contributed by atoms with van der Waals surface area (Å²) in [6, 6.07) is 7.49. The minimum Gasteiger partial charge on any atom is -0.477 e. The van der Waals surface area contributed by atoms with Gasteiger partial charge < -0.3 is 36.9 Å². The number of benzene rings is 1. The third-order valence-electron chi connectivity index (χ3n) is 8.27. The zero-order valence-electron chi connectivity index (χ0n) is 24.1. The summed E-state index contributed by atoms with van der Waals surface area (Å²) in [4.78, 5) is 58.5. The van der Waals surface area contributed by atoms with Gasteiger partial charge in [0.05, 0.1) is 0 Å². The Morgan fingerprint density at radius 2 is 2.04 bits per heavy atom. The monoisotopic (exact) mass is 653 g/mol. The number of aliphatic carboxylic acids is 1. The number of carbonyl (C=O) groups excluding carboxylic acids is 3. The number of nitrogens with zero attached hydrogens (tertiary/aromatic N) is 5. The number of aromatic nitrogens is 2. The van der Waals surface area contributed by atoms with Gasteiger partial charge in [-0.15, -0.1) is 11.8 Å². The fourth-order valence-electron chi connectivity index (χ4n) is 6.09. The van der Waals surface area contributed by atoms with Crippen molar-refractivity contribution in [2.24, 2.45) is 5.16 Å². The summed E-state index contributed by atoms with van der Waals surface area (Å²) in [7, 11) is 1.91. The lowest BCUT2D eigenvalue weighted by Gasteiger charge is -2.49. The molecule has 1 aromatic heterocycles. The molecule has 0 saturated carbocycles. The van der Waals surface area contributed by atoms with E-state index in [9.17, 15) is 29.5 Å². The smallest absolute Gasteiger partial charge is 0.352 e. The van der Waals surface area contributed by atoms with Gasteiger partial charge in [-0.25, -0.2) is 4.79 Å². The summed E-state index contributed by atoms with van der Waals surface area (Å²) < 4.78 is 3.84. The standard InChI is InChI=1S/C28H31N9O6S2/c1-30-10-13-2-4-14(5-3-13)18-9-17(11-31-18)36-7-6-15(24(36)39)8-16-12-44-26-20(25(40)37(26)21(16)27(41)42)32-23(38)19(34-43)22-33-28(29)45-35-22/h2-5,8,17-18,20,26,30-31,43H,6-7,9-12H2,1H3,(H,32,38)(H,41,42)(H2,29,33,35)/b15-8+,34-19-/t17-,18+,20+,26+/m0/s1. The van der Waals surface area contributed by atoms with Gasteiger partial charge in [-0.3, -0.25) is 19.3 Å². The summed E-state index contributed by atoms with van der Waals surface area (Å²) in [6.07, 6.45) is 2.84. The maximum absolute atomic E-state index is 13.5. The molecule has 6 rings (SSSR count). The summed E-state index contributed by atoms with van der Waals surface area (Å²) in [5.41, 5.74) is 8.02. The van der Waals surface area contributed by atoms with E-state index in [1.807, 2.05) is 11.9 Å². The predicted molar refractivity (Wildman–Crippen MR) is 165 cm³/mol. The Kier molecular flexibility index (Phi) is 8.59. The molecule has 45 heavy (non-hydrogen) atoms. The van der Waals surface area contributed by atoms with Gasteiger partial charge in [0, 0.05) is 54.6 Å². The van der Waals surface area contributed by atoms with E-state index < -0.39 is 34.9 Å². The van der Waals surface area contributed by atoms with E-state index >= 15 is 0 Å². The SMILES string of the molecule is CNCc1ccc([C@H]2C[C@H](N3CC/C(=C\C4=C(C(=O)O)N5C(=O)[C@@H](NC(=O)/C(=N\O)c6nsc(N)n6)[C@H]5SC4)C3=O)CN2)cc1. The van der Waals surface area contributed by atoms with Crippen LogP contribution >= 0.6 is 23.3 Å². The fourth-order valence-corrected chi connectivity index (χ4v) is 7.83. The first kappa shape index (κ1) is 30.7. The van der Waals surface area contributed by atoms with Crippen LogP contribution in [0.3, 0.4) is 0 Å². The van der Waals surface area contributed by atoms with Crippen LogP contribution < -0.4 is 21.7 Å². The van der Waals surface area contributed by atoms with Crippen molar-refractivity contribution in [3.8, 4) is 0 Å². The number of hydrogen-bond donors (Lipinski definition) is 6. The lowest BCUT2D eigenvalue weighted by molar-refractivity contribution is -0.150. The van der Waals surface area contributed by atoms with Crippen LogP contribution in [0.15, 0.2) is 52.3 Å². The summed E-state index contributed by atoms with van der Waals surface area (Å²) in [5, 5.41) is 30.9. The number of carbonyl (C=O) groups is 4. The molecule has 4 aliphatic heterocycles. The number of likely N-dealkylation sites (tertiary alicyclic amines) is 1. The van der Waals surface area contributed by atoms with Crippen molar-refractivity contribution in [1.29, 1.82) is 0 Å². The van der Waals surface area contributed by atoms with Crippen molar-refractivity contribution in [3.05, 3.63) is 64.1 Å². The number of allylic oxidation sites excluding steroid dienone is 1. The number of thioether (sulfide) groups is 1. The Balaban J connectivity index is 1.13. The quantitative estimate of drug-likeness (QED) is 0.0695. The highest BCUT2D eigenvalue weighted by Gasteiger charge is 2.54. The Bertz CT molecular complexity index is 1640. The minimum absolute atomic E-state index is 0.00743. The Hall–Kier alpha value is -4.32. The molecule has 7 N–H and O–H groups in total. The number of nitrogens with one attached hydrogen (secondary N) is 3. The van der Waals surface area contributed by atoms with Crippen LogP contribution in [-0.4, -0.2) is 102 Å². The minimum atomic E-state index is -1.31. The number of nitrogens with two attached hydrogens (primary N) is 1. The maximum atomic E-state index is 13.5. The lowest BCUT2D eigenvalue weighted by Crippen LogP contribution is -2.71. The average Bonchev–Trinajstić information content (AvgIpc) is 3.77. The molecule has 5 heterocycles. The molecular formula is C28H31N9O6S2. The van der Waals surface area contributed by atoms with Crippen molar-refractivity contribution in [2.75, 3.05) is 31.6 Å². The van der Waals surface area contributed by atoms with E-state index in [1.165, 1.54) is 22.9 Å². The normalized spacial score (nSPS) is 26.0. The van der Waals surface area contributed by atoms with Gasteiger partial charge in [-0.2, -0.15) is 9.36 Å². The highest BCUT2D eigenvalue weighted by molar-refractivity contribution is 8.00. The Labute approximate surface area is 265 Å². The van der Waals surface area contributed by atoms with Gasteiger partial charge >= 0.3 is 5.97 Å². The van der Waals surface area contributed by atoms with Crippen LogP contribution in [0.5, 0.6) is 0 Å². The topological polar surface area (TPSA) is 215 Å². The number of β-lactam (4-membered cyclic amide) rings is 1. The highest BCUT2D eigenvalue weighted by atomic mass is 32.2. The molecule has 0 unspecified atom stereocenters. The van der Waals surface area contributed by atoms with Gasteiger partial charge in [0.2, 0.25) is 17.4 Å². The summed E-state index contributed by atoms with van der Waals surface area (Å²) >= 11 is 2.07. The van der Waals surface area contributed by atoms with E-state index in [0.717, 1.165) is 29.4 Å². The van der Waals surface area contributed by atoms with Gasteiger partial charge in [0.1, 0.15) is 17.1 Å². The van der Waals surface area contributed by atoms with E-state index in [2.05, 4.69) is 54.7 Å². The number of hydrogen-bond acceptors (Lipinski definition) is 13. The second-order valence-electron chi connectivity index (χ2n) is 11.0. The number of fused-ring (bicyclic) bond motifs is 1. The summed E-state index contributed by atoms with van der Waals surface area (Å²) in [5.74, 6) is -2.98. The lowest BCUT2D eigenvalue weighted by atomic mass is 10.0. The van der Waals surface area contributed by atoms with Crippen LogP contribution in [0.1, 0.15) is 35.8 Å². The predicted octanol–water partition coefficient (Wildman–Crippen LogP) is 0.0185. The van der Waals surface area contributed by atoms with Crippen molar-refractivity contribution in [3.63, 3.8) is 0 Å². The summed E-state index contributed by atoms with van der Waals surface area (Å²) in [6.45, 7) is 1.98. The van der Waals surface area contributed by atoms with Gasteiger partial charge in [0.25, 0.3) is 11.8 Å². The third-order valence-corrected chi connectivity index (χ3v) is 10.1. The van der Waals surface area contributed by atoms with Crippen molar-refractivity contribution in [2.45, 2.75) is 42.9 Å². The number of rotatable bonds is 9. The van der Waals surface area contributed by atoms with Crippen LogP contribution in [0.2, 0.25) is 0 Å². The van der Waals surface area contributed by atoms with Gasteiger partial charge in [-0.05, 0) is 42.7 Å². The molecule has 1 aromatic carbocycles. The molecule has 236 valence electrons. The molecule has 0 radical (unpaired) electrons. The molecule has 0 bridgehead atoms. The van der Waals surface area contributed by atoms with Crippen LogP contribution in [0.4, 0.5) is 5.13 Å². The van der Waals surface area contributed by atoms with Crippen molar-refractivity contribution in [1.82, 2.24) is 35.1 Å². The second-order valence-corrected chi connectivity index (χ2v) is 12.9. The first-order valence-electron chi connectivity index (χ1n) is 14.2. The number of carboxylic acid groups (broad SMARTS) is 1. The highest BCUT2D eigenvalue weighted by Crippen LogP contribution is 2.41. The number of nitrogen functional groups attached to an aromatic ring is 1. The van der Waals surface area contributed by atoms with Crippen LogP contribution in [0.25, 0.3) is 0 Å². The Morgan fingerprint density at radius 3 is 2.71 bits per heavy atom. The van der Waals surface area contributed by atoms with Gasteiger partial charge in [-0.1, -0.05) is 29.4 Å². The number of amides is 3. The second kappa shape index (κ2) is 12.6. The van der Waals surface area contributed by atoms with Gasteiger partial charge in [0.15, 0.2) is 5.13 Å². The van der Waals surface area contributed by atoms with Crippen LogP contribution in [-0.2, 0) is 25.7 Å².